The zero-order valence-electron chi connectivity index (χ0n) is 20.8. The maximum Gasteiger partial charge on any atom is 0.261 e. The molecule has 10 heteroatoms. The van der Waals surface area contributed by atoms with Crippen LogP contribution in [0.2, 0.25) is 0 Å². The number of thiocarbonyl (C=S) groups is 1. The first-order valence-electron chi connectivity index (χ1n) is 12.0. The van der Waals surface area contributed by atoms with E-state index in [2.05, 4.69) is 22.3 Å². The number of sulfonamides is 1. The Hall–Kier alpha value is -3.63. The van der Waals surface area contributed by atoms with Crippen molar-refractivity contribution in [2.24, 2.45) is 0 Å². The highest BCUT2D eigenvalue weighted by atomic mass is 32.2. The fourth-order valence-electron chi connectivity index (χ4n) is 3.30. The first-order valence-corrected chi connectivity index (χ1v) is 13.9. The van der Waals surface area contributed by atoms with Crippen molar-refractivity contribution in [3.8, 4) is 11.5 Å². The van der Waals surface area contributed by atoms with Gasteiger partial charge in [-0.05, 0) is 98.4 Å². The second kappa shape index (κ2) is 13.6. The van der Waals surface area contributed by atoms with Gasteiger partial charge in [-0.15, -0.1) is 0 Å². The number of carbonyl (C=O) groups excluding carboxylic acids is 1. The average molecular weight is 542 g/mol. The molecule has 0 heterocycles. The number of hydrogen-bond acceptors (Lipinski definition) is 6. The van der Waals surface area contributed by atoms with Crippen LogP contribution < -0.4 is 24.8 Å². The quantitative estimate of drug-likeness (QED) is 0.203. The number of amides is 1. The molecule has 0 spiro atoms. The van der Waals surface area contributed by atoms with Gasteiger partial charge < -0.3 is 14.8 Å². The summed E-state index contributed by atoms with van der Waals surface area (Å²) in [7, 11) is -3.78. The van der Waals surface area contributed by atoms with Gasteiger partial charge >= 0.3 is 0 Å². The number of rotatable bonds is 12. The number of unbranched alkanes of at least 4 members (excludes halogenated alkanes) is 2. The van der Waals surface area contributed by atoms with Crippen molar-refractivity contribution in [3.63, 3.8) is 0 Å². The summed E-state index contributed by atoms with van der Waals surface area (Å²) in [6.07, 6.45) is 3.23. The van der Waals surface area contributed by atoms with Crippen LogP contribution in [0.25, 0.3) is 0 Å². The molecule has 0 atom stereocenters. The summed E-state index contributed by atoms with van der Waals surface area (Å²) in [5, 5.41) is 5.59. The largest absolute Gasteiger partial charge is 0.494 e. The van der Waals surface area contributed by atoms with Crippen LogP contribution >= 0.6 is 12.2 Å². The van der Waals surface area contributed by atoms with Gasteiger partial charge in [0.15, 0.2) is 5.11 Å². The second-order valence-electron chi connectivity index (χ2n) is 8.08. The van der Waals surface area contributed by atoms with E-state index in [0.29, 0.717) is 41.7 Å². The summed E-state index contributed by atoms with van der Waals surface area (Å²) in [5.74, 6) is 1.00. The van der Waals surface area contributed by atoms with E-state index in [-0.39, 0.29) is 15.9 Å². The van der Waals surface area contributed by atoms with Crippen LogP contribution in [-0.2, 0) is 10.0 Å². The van der Waals surface area contributed by atoms with Gasteiger partial charge in [0.2, 0.25) is 0 Å². The van der Waals surface area contributed by atoms with E-state index in [1.807, 2.05) is 6.92 Å². The zero-order chi connectivity index (χ0) is 26.7. The number of ether oxygens (including phenoxy) is 2. The average Bonchev–Trinajstić information content (AvgIpc) is 2.88. The first kappa shape index (κ1) is 27.9. The molecular weight excluding hydrogens is 510 g/mol. The summed E-state index contributed by atoms with van der Waals surface area (Å²) in [6, 6.07) is 19.5. The number of nitrogens with one attached hydrogen (secondary N) is 3. The Balaban J connectivity index is 1.52. The molecule has 3 rings (SSSR count). The minimum absolute atomic E-state index is 0.0823. The third-order valence-electron chi connectivity index (χ3n) is 5.20. The Bertz CT molecular complexity index is 1280. The molecule has 0 radical (unpaired) electrons. The molecule has 8 nitrogen and oxygen atoms in total. The molecule has 0 aliphatic carbocycles. The summed E-state index contributed by atoms with van der Waals surface area (Å²) in [4.78, 5) is 12.6. The maximum absolute atomic E-state index is 12.7. The minimum Gasteiger partial charge on any atom is -0.494 e. The van der Waals surface area contributed by atoms with Gasteiger partial charge in [-0.1, -0.05) is 19.8 Å². The fourth-order valence-corrected chi connectivity index (χ4v) is 4.57. The first-order chi connectivity index (χ1) is 17.8. The SMILES string of the molecule is CCCCCOc1ccc(C(=O)NC(=S)Nc2ccc(S(=O)(=O)Nc3ccc(OCC)cc3)cc2)cc1. The van der Waals surface area contributed by atoms with Crippen molar-refractivity contribution in [1.82, 2.24) is 5.32 Å². The standard InChI is InChI=1S/C27H31N3O5S2/c1-3-5-6-19-35-24-13-7-20(8-14-24)26(31)29-27(36)28-21-11-17-25(18-12-21)37(32,33)30-22-9-15-23(16-10-22)34-4-2/h7-18,30H,3-6,19H2,1-2H3,(H2,28,29,31,36). The van der Waals surface area contributed by atoms with Gasteiger partial charge in [-0.25, -0.2) is 8.42 Å². The molecule has 0 saturated carbocycles. The van der Waals surface area contributed by atoms with Crippen LogP contribution in [0, 0.1) is 0 Å². The Morgan fingerprint density at radius 3 is 2.03 bits per heavy atom. The highest BCUT2D eigenvalue weighted by Gasteiger charge is 2.15. The van der Waals surface area contributed by atoms with Gasteiger partial charge in [0, 0.05) is 16.9 Å². The van der Waals surface area contributed by atoms with Crippen LogP contribution in [0.3, 0.4) is 0 Å². The minimum atomic E-state index is -3.78. The van der Waals surface area contributed by atoms with Gasteiger partial charge in [0.25, 0.3) is 15.9 Å². The van der Waals surface area contributed by atoms with E-state index >= 15 is 0 Å². The van der Waals surface area contributed by atoms with Crippen molar-refractivity contribution in [1.29, 1.82) is 0 Å². The van der Waals surface area contributed by atoms with Crippen molar-refractivity contribution >= 4 is 44.6 Å². The Morgan fingerprint density at radius 2 is 1.41 bits per heavy atom. The maximum atomic E-state index is 12.7. The van der Waals surface area contributed by atoms with Gasteiger partial charge in [-0.2, -0.15) is 0 Å². The second-order valence-corrected chi connectivity index (χ2v) is 10.2. The number of benzene rings is 3. The lowest BCUT2D eigenvalue weighted by Crippen LogP contribution is -2.34. The molecule has 0 fully saturated rings. The summed E-state index contributed by atoms with van der Waals surface area (Å²) in [6.45, 7) is 5.18. The van der Waals surface area contributed by atoms with Crippen LogP contribution in [0.1, 0.15) is 43.5 Å². The molecule has 0 bridgehead atoms. The van der Waals surface area contributed by atoms with Crippen LogP contribution in [0.15, 0.2) is 77.7 Å². The molecule has 3 N–H and O–H groups in total. The van der Waals surface area contributed by atoms with E-state index in [9.17, 15) is 13.2 Å². The third kappa shape index (κ3) is 8.76. The molecule has 0 aromatic heterocycles. The van der Waals surface area contributed by atoms with Crippen molar-refractivity contribution in [3.05, 3.63) is 78.4 Å². The highest BCUT2D eigenvalue weighted by molar-refractivity contribution is 7.92. The lowest BCUT2D eigenvalue weighted by atomic mass is 10.2. The number of hydrogen-bond donors (Lipinski definition) is 3. The van der Waals surface area contributed by atoms with Crippen LogP contribution in [-0.4, -0.2) is 32.7 Å². The monoisotopic (exact) mass is 541 g/mol. The predicted octanol–water partition coefficient (Wildman–Crippen LogP) is 5.58. The predicted molar refractivity (Wildman–Crippen MR) is 150 cm³/mol. The summed E-state index contributed by atoms with van der Waals surface area (Å²) >= 11 is 5.23. The number of anilines is 2. The smallest absolute Gasteiger partial charge is 0.261 e. The Labute approximate surface area is 223 Å². The van der Waals surface area contributed by atoms with E-state index in [4.69, 9.17) is 21.7 Å². The summed E-state index contributed by atoms with van der Waals surface area (Å²) < 4.78 is 39.0. The zero-order valence-corrected chi connectivity index (χ0v) is 22.5. The lowest BCUT2D eigenvalue weighted by Gasteiger charge is -2.12. The van der Waals surface area contributed by atoms with E-state index in [1.165, 1.54) is 12.1 Å². The number of carbonyl (C=O) groups is 1. The molecule has 1 amide bonds. The Morgan fingerprint density at radius 1 is 0.811 bits per heavy atom. The molecule has 0 saturated heterocycles. The van der Waals surface area contributed by atoms with E-state index < -0.39 is 10.0 Å². The topological polar surface area (TPSA) is 106 Å². The molecule has 0 aliphatic rings. The molecule has 0 unspecified atom stereocenters. The van der Waals surface area contributed by atoms with Gasteiger partial charge in [0.05, 0.1) is 18.1 Å². The molecule has 0 aliphatic heterocycles. The van der Waals surface area contributed by atoms with Crippen LogP contribution in [0.5, 0.6) is 11.5 Å². The normalized spacial score (nSPS) is 10.9. The summed E-state index contributed by atoms with van der Waals surface area (Å²) in [5.41, 5.74) is 1.39. The molecule has 3 aromatic carbocycles. The van der Waals surface area contributed by atoms with Crippen molar-refractivity contribution in [2.45, 2.75) is 38.0 Å². The third-order valence-corrected chi connectivity index (χ3v) is 6.80. The van der Waals surface area contributed by atoms with E-state index in [1.54, 1.807) is 60.7 Å². The molecule has 3 aromatic rings. The highest BCUT2D eigenvalue weighted by Crippen LogP contribution is 2.21. The van der Waals surface area contributed by atoms with E-state index in [0.717, 1.165) is 19.3 Å². The molecule has 196 valence electrons. The molecule has 37 heavy (non-hydrogen) atoms. The van der Waals surface area contributed by atoms with Gasteiger partial charge in [-0.3, -0.25) is 14.8 Å². The fraction of sp³-hybridized carbons (Fsp3) is 0.259. The Kier molecular flexibility index (Phi) is 10.3. The lowest BCUT2D eigenvalue weighted by molar-refractivity contribution is 0.0977. The molecular formula is C27H31N3O5S2. The van der Waals surface area contributed by atoms with Crippen molar-refractivity contribution < 1.29 is 22.7 Å². The van der Waals surface area contributed by atoms with Crippen LogP contribution in [0.4, 0.5) is 11.4 Å². The van der Waals surface area contributed by atoms with Gasteiger partial charge in [0.1, 0.15) is 11.5 Å². The van der Waals surface area contributed by atoms with Crippen molar-refractivity contribution in [2.75, 3.05) is 23.3 Å².